The van der Waals surface area contributed by atoms with Crippen molar-refractivity contribution in [3.63, 3.8) is 0 Å². The Hall–Kier alpha value is -3.08. The van der Waals surface area contributed by atoms with E-state index >= 15 is 0 Å². The second-order valence-corrected chi connectivity index (χ2v) is 7.26. The largest absolute Gasteiger partial charge is 0.484 e. The van der Waals surface area contributed by atoms with E-state index in [4.69, 9.17) is 9.15 Å². The Morgan fingerprint density at radius 2 is 1.93 bits per heavy atom. The van der Waals surface area contributed by atoms with Gasteiger partial charge >= 0.3 is 5.63 Å². The van der Waals surface area contributed by atoms with Crippen LogP contribution in [0.15, 0.2) is 57.7 Å². The van der Waals surface area contributed by atoms with Gasteiger partial charge in [0.05, 0.1) is 0 Å². The molecule has 0 aliphatic heterocycles. The number of hydrogen-bond acceptors (Lipinski definition) is 4. The average Bonchev–Trinajstić information content (AvgIpc) is 3.22. The topological polar surface area (TPSA) is 68.5 Å². The third-order valence-electron chi connectivity index (χ3n) is 5.29. The zero-order valence-electron chi connectivity index (χ0n) is 15.9. The van der Waals surface area contributed by atoms with Crippen molar-refractivity contribution >= 4 is 16.9 Å². The maximum Gasteiger partial charge on any atom is 0.339 e. The summed E-state index contributed by atoms with van der Waals surface area (Å²) in [5.41, 5.74) is 3.32. The smallest absolute Gasteiger partial charge is 0.339 e. The van der Waals surface area contributed by atoms with Gasteiger partial charge in [-0.3, -0.25) is 4.79 Å². The quantitative estimate of drug-likeness (QED) is 0.667. The number of hydrogen-bond donors (Lipinski definition) is 1. The van der Waals surface area contributed by atoms with Gasteiger partial charge in [-0.1, -0.05) is 37.3 Å². The molecule has 144 valence electrons. The van der Waals surface area contributed by atoms with Crippen molar-refractivity contribution in [1.29, 1.82) is 0 Å². The first-order valence-corrected chi connectivity index (χ1v) is 9.65. The lowest BCUT2D eigenvalue weighted by Gasteiger charge is -2.13. The molecule has 0 unspecified atom stereocenters. The first-order chi connectivity index (χ1) is 13.6. The number of aryl methyl sites for hydroxylation is 1. The van der Waals surface area contributed by atoms with Gasteiger partial charge in [-0.25, -0.2) is 4.79 Å². The van der Waals surface area contributed by atoms with E-state index in [1.54, 1.807) is 6.07 Å². The normalized spacial score (nSPS) is 13.9. The highest BCUT2D eigenvalue weighted by atomic mass is 16.5. The number of carbonyl (C=O) groups is 1. The van der Waals surface area contributed by atoms with Crippen LogP contribution < -0.4 is 15.7 Å². The Bertz CT molecular complexity index is 1060. The van der Waals surface area contributed by atoms with Crippen molar-refractivity contribution in [2.75, 3.05) is 13.2 Å². The minimum absolute atomic E-state index is 0.0812. The summed E-state index contributed by atoms with van der Waals surface area (Å²) in [5.74, 6) is 0.556. The van der Waals surface area contributed by atoms with Gasteiger partial charge in [-0.15, -0.1) is 0 Å². The van der Waals surface area contributed by atoms with E-state index in [2.05, 4.69) is 12.2 Å². The lowest BCUT2D eigenvalue weighted by Crippen LogP contribution is -2.31. The fourth-order valence-electron chi connectivity index (χ4n) is 3.72. The Morgan fingerprint density at radius 1 is 1.14 bits per heavy atom. The highest BCUT2D eigenvalue weighted by molar-refractivity contribution is 5.83. The highest BCUT2D eigenvalue weighted by Crippen LogP contribution is 2.29. The molecule has 0 saturated carbocycles. The standard InChI is InChI=1S/C23H23NO4/c1-15(16-6-3-2-4-7-16)13-24-22(25)14-27-17-10-11-19-18-8-5-9-20(18)23(26)28-21(19)12-17/h2-4,6-7,10-12,15H,5,8-9,13-14H2,1H3,(H,24,25)/t15-/m1/s1. The molecule has 3 aromatic rings. The minimum atomic E-state index is -0.259. The molecule has 4 rings (SSSR count). The molecule has 28 heavy (non-hydrogen) atoms. The van der Waals surface area contributed by atoms with Crippen LogP contribution in [0.1, 0.15) is 36.0 Å². The van der Waals surface area contributed by atoms with E-state index in [0.717, 1.165) is 35.8 Å². The summed E-state index contributed by atoms with van der Waals surface area (Å²) in [6.07, 6.45) is 2.67. The Balaban J connectivity index is 1.37. The van der Waals surface area contributed by atoms with Gasteiger partial charge in [-0.2, -0.15) is 0 Å². The monoisotopic (exact) mass is 377 g/mol. The van der Waals surface area contributed by atoms with Gasteiger partial charge in [0.1, 0.15) is 11.3 Å². The van der Waals surface area contributed by atoms with E-state index in [-0.39, 0.29) is 24.1 Å². The summed E-state index contributed by atoms with van der Waals surface area (Å²) < 4.78 is 11.0. The molecule has 2 aromatic carbocycles. The van der Waals surface area contributed by atoms with Gasteiger partial charge in [-0.05, 0) is 48.4 Å². The second kappa shape index (κ2) is 7.89. The van der Waals surface area contributed by atoms with Gasteiger partial charge < -0.3 is 14.5 Å². The molecule has 0 bridgehead atoms. The molecule has 0 saturated heterocycles. The predicted molar refractivity (Wildman–Crippen MR) is 108 cm³/mol. The lowest BCUT2D eigenvalue weighted by molar-refractivity contribution is -0.123. The summed E-state index contributed by atoms with van der Waals surface area (Å²) in [6, 6.07) is 15.5. The lowest BCUT2D eigenvalue weighted by atomic mass is 10.0. The van der Waals surface area contributed by atoms with Gasteiger partial charge in [0.25, 0.3) is 5.91 Å². The van der Waals surface area contributed by atoms with Crippen LogP contribution in [0, 0.1) is 0 Å². The van der Waals surface area contributed by atoms with Gasteiger partial charge in [0, 0.05) is 23.6 Å². The average molecular weight is 377 g/mol. The van der Waals surface area contributed by atoms with Crippen LogP contribution in [0.25, 0.3) is 11.0 Å². The van der Waals surface area contributed by atoms with Crippen molar-refractivity contribution in [2.45, 2.75) is 32.1 Å². The zero-order chi connectivity index (χ0) is 19.5. The van der Waals surface area contributed by atoms with E-state index < -0.39 is 0 Å². The summed E-state index contributed by atoms with van der Waals surface area (Å²) in [5, 5.41) is 3.85. The molecular formula is C23H23NO4. The third-order valence-corrected chi connectivity index (χ3v) is 5.29. The van der Waals surface area contributed by atoms with E-state index in [9.17, 15) is 9.59 Å². The first-order valence-electron chi connectivity index (χ1n) is 9.65. The summed E-state index contributed by atoms with van der Waals surface area (Å²) in [7, 11) is 0. The molecule has 1 atom stereocenters. The molecule has 1 aliphatic rings. The molecule has 1 N–H and O–H groups in total. The Kier molecular flexibility index (Phi) is 5.15. The molecule has 0 spiro atoms. The van der Waals surface area contributed by atoms with Crippen molar-refractivity contribution in [3.8, 4) is 5.75 Å². The highest BCUT2D eigenvalue weighted by Gasteiger charge is 2.19. The SMILES string of the molecule is C[C@H](CNC(=O)COc1ccc2c3c(c(=O)oc2c1)CCC3)c1ccccc1. The number of benzene rings is 2. The number of nitrogens with one attached hydrogen (secondary N) is 1. The first kappa shape index (κ1) is 18.3. The number of carbonyl (C=O) groups excluding carboxylic acids is 1. The maximum atomic E-state index is 12.1. The van der Waals surface area contributed by atoms with Crippen molar-refractivity contribution < 1.29 is 13.9 Å². The molecule has 1 heterocycles. The van der Waals surface area contributed by atoms with Crippen LogP contribution >= 0.6 is 0 Å². The summed E-state index contributed by atoms with van der Waals surface area (Å²) >= 11 is 0. The van der Waals surface area contributed by atoms with Crippen LogP contribution in [-0.4, -0.2) is 19.1 Å². The second-order valence-electron chi connectivity index (χ2n) is 7.26. The van der Waals surface area contributed by atoms with Gasteiger partial charge in [0.15, 0.2) is 6.61 Å². The van der Waals surface area contributed by atoms with Crippen molar-refractivity contribution in [3.05, 3.63) is 75.6 Å². The number of ether oxygens (including phenoxy) is 1. The van der Waals surface area contributed by atoms with E-state index in [1.807, 2.05) is 42.5 Å². The van der Waals surface area contributed by atoms with Crippen LogP contribution in [0.4, 0.5) is 0 Å². The zero-order valence-corrected chi connectivity index (χ0v) is 15.9. The van der Waals surface area contributed by atoms with E-state index in [0.29, 0.717) is 17.9 Å². The fourth-order valence-corrected chi connectivity index (χ4v) is 3.72. The summed E-state index contributed by atoms with van der Waals surface area (Å²) in [4.78, 5) is 24.2. The molecule has 5 nitrogen and oxygen atoms in total. The molecule has 1 aliphatic carbocycles. The van der Waals surface area contributed by atoms with E-state index in [1.165, 1.54) is 5.56 Å². The fraction of sp³-hybridized carbons (Fsp3) is 0.304. The molecular weight excluding hydrogens is 354 g/mol. The Morgan fingerprint density at radius 3 is 2.75 bits per heavy atom. The number of amides is 1. The molecule has 1 aromatic heterocycles. The molecule has 0 radical (unpaired) electrons. The number of fused-ring (bicyclic) bond motifs is 3. The van der Waals surface area contributed by atoms with Crippen LogP contribution in [0.5, 0.6) is 5.75 Å². The predicted octanol–water partition coefficient (Wildman–Crippen LogP) is 3.58. The van der Waals surface area contributed by atoms with Crippen LogP contribution in [-0.2, 0) is 17.6 Å². The third kappa shape index (κ3) is 3.79. The molecule has 1 amide bonds. The number of rotatable bonds is 6. The molecule has 0 fully saturated rings. The van der Waals surface area contributed by atoms with Gasteiger partial charge in [0.2, 0.25) is 0 Å². The molecule has 5 heteroatoms. The van der Waals surface area contributed by atoms with Crippen molar-refractivity contribution in [1.82, 2.24) is 5.32 Å². The van der Waals surface area contributed by atoms with Crippen molar-refractivity contribution in [2.24, 2.45) is 0 Å². The van der Waals surface area contributed by atoms with Crippen LogP contribution in [0.2, 0.25) is 0 Å². The minimum Gasteiger partial charge on any atom is -0.484 e. The van der Waals surface area contributed by atoms with Crippen LogP contribution in [0.3, 0.4) is 0 Å². The Labute approximate surface area is 163 Å². The summed E-state index contributed by atoms with van der Waals surface area (Å²) in [6.45, 7) is 2.54. The maximum absolute atomic E-state index is 12.1.